The minimum atomic E-state index is -0.164. The third-order valence-corrected chi connectivity index (χ3v) is 4.47. The van der Waals surface area contributed by atoms with E-state index in [0.29, 0.717) is 31.7 Å². The third kappa shape index (κ3) is 4.23. The van der Waals surface area contributed by atoms with E-state index in [1.165, 1.54) is 5.56 Å². The summed E-state index contributed by atoms with van der Waals surface area (Å²) in [6, 6.07) is 13.2. The lowest BCUT2D eigenvalue weighted by Gasteiger charge is -2.16. The van der Waals surface area contributed by atoms with Gasteiger partial charge >= 0.3 is 0 Å². The summed E-state index contributed by atoms with van der Waals surface area (Å²) in [5, 5.41) is 2.86. The molecule has 2 amide bonds. The van der Waals surface area contributed by atoms with Gasteiger partial charge in [-0.15, -0.1) is 0 Å². The molecule has 1 fully saturated rings. The molecule has 26 heavy (non-hydrogen) atoms. The first kappa shape index (κ1) is 18.0. The zero-order valence-electron chi connectivity index (χ0n) is 15.2. The molecule has 0 bridgehead atoms. The van der Waals surface area contributed by atoms with E-state index in [9.17, 15) is 9.59 Å². The fraction of sp³-hybridized carbons (Fsp3) is 0.333. The maximum atomic E-state index is 12.3. The Morgan fingerprint density at radius 3 is 2.77 bits per heavy atom. The summed E-state index contributed by atoms with van der Waals surface area (Å²) in [5.41, 5.74) is 3.61. The number of carbonyl (C=O) groups excluding carboxylic acids is 2. The van der Waals surface area contributed by atoms with Gasteiger partial charge in [0.05, 0.1) is 6.54 Å². The quantitative estimate of drug-likeness (QED) is 0.812. The molecule has 2 aromatic carbocycles. The van der Waals surface area contributed by atoms with E-state index < -0.39 is 0 Å². The van der Waals surface area contributed by atoms with Crippen LogP contribution < -0.4 is 15.0 Å². The van der Waals surface area contributed by atoms with Gasteiger partial charge < -0.3 is 15.0 Å². The van der Waals surface area contributed by atoms with Crippen LogP contribution in [0, 0.1) is 13.8 Å². The minimum absolute atomic E-state index is 0.115. The molecule has 1 heterocycles. The lowest BCUT2D eigenvalue weighted by molar-refractivity contribution is -0.117. The van der Waals surface area contributed by atoms with E-state index in [-0.39, 0.29) is 11.8 Å². The molecule has 0 saturated carbocycles. The first-order valence-electron chi connectivity index (χ1n) is 8.93. The van der Waals surface area contributed by atoms with Crippen molar-refractivity contribution in [1.29, 1.82) is 0 Å². The van der Waals surface area contributed by atoms with Gasteiger partial charge in [-0.2, -0.15) is 0 Å². The molecule has 1 aliphatic rings. The monoisotopic (exact) mass is 352 g/mol. The summed E-state index contributed by atoms with van der Waals surface area (Å²) in [7, 11) is 0. The molecule has 1 saturated heterocycles. The predicted molar refractivity (Wildman–Crippen MR) is 102 cm³/mol. The average Bonchev–Trinajstić information content (AvgIpc) is 3.06. The van der Waals surface area contributed by atoms with Gasteiger partial charge in [0.25, 0.3) is 5.91 Å². The number of hydrogen-bond acceptors (Lipinski definition) is 3. The zero-order chi connectivity index (χ0) is 18.5. The number of benzene rings is 2. The average molecular weight is 352 g/mol. The Kier molecular flexibility index (Phi) is 5.56. The number of rotatable bonds is 6. The van der Waals surface area contributed by atoms with Crippen LogP contribution in [0.5, 0.6) is 5.75 Å². The van der Waals surface area contributed by atoms with Crippen LogP contribution in [0.1, 0.15) is 34.3 Å². The molecule has 1 aliphatic heterocycles. The molecule has 5 nitrogen and oxygen atoms in total. The van der Waals surface area contributed by atoms with Crippen molar-refractivity contribution in [3.63, 3.8) is 0 Å². The highest BCUT2D eigenvalue weighted by atomic mass is 16.5. The first-order valence-corrected chi connectivity index (χ1v) is 8.93. The molecule has 3 rings (SSSR count). The van der Waals surface area contributed by atoms with E-state index in [1.807, 2.05) is 38.1 Å². The summed E-state index contributed by atoms with van der Waals surface area (Å²) in [5.74, 6) is 0.784. The summed E-state index contributed by atoms with van der Waals surface area (Å²) in [4.78, 5) is 25.9. The number of amides is 2. The Hall–Kier alpha value is -2.82. The standard InChI is InChI=1S/C21H24N2O3/c1-15-8-9-19(16(2)13-15)26-12-10-22-21(25)17-5-3-6-18(14-17)23-11-4-7-20(23)24/h3,5-6,8-9,13-14H,4,7,10-12H2,1-2H3,(H,22,25). The Labute approximate surface area is 154 Å². The zero-order valence-corrected chi connectivity index (χ0v) is 15.2. The molecule has 0 aromatic heterocycles. The Bertz CT molecular complexity index is 817. The van der Waals surface area contributed by atoms with Crippen molar-refractivity contribution in [2.45, 2.75) is 26.7 Å². The maximum absolute atomic E-state index is 12.3. The van der Waals surface area contributed by atoms with Crippen molar-refractivity contribution >= 4 is 17.5 Å². The summed E-state index contributed by atoms with van der Waals surface area (Å²) < 4.78 is 5.73. The SMILES string of the molecule is Cc1ccc(OCCNC(=O)c2cccc(N3CCCC3=O)c2)c(C)c1. The number of anilines is 1. The van der Waals surface area contributed by atoms with Crippen LogP contribution in [0.25, 0.3) is 0 Å². The van der Waals surface area contributed by atoms with Crippen molar-refractivity contribution in [3.8, 4) is 5.75 Å². The molecule has 0 aliphatic carbocycles. The summed E-state index contributed by atoms with van der Waals surface area (Å²) in [6.07, 6.45) is 1.44. The second-order valence-electron chi connectivity index (χ2n) is 6.57. The largest absolute Gasteiger partial charge is 0.491 e. The Morgan fingerprint density at radius 1 is 1.19 bits per heavy atom. The van der Waals surface area contributed by atoms with Crippen LogP contribution in [0.15, 0.2) is 42.5 Å². The molecule has 5 heteroatoms. The fourth-order valence-electron chi connectivity index (χ4n) is 3.13. The van der Waals surface area contributed by atoms with Crippen molar-refractivity contribution < 1.29 is 14.3 Å². The highest BCUT2D eigenvalue weighted by molar-refractivity contribution is 5.99. The maximum Gasteiger partial charge on any atom is 0.251 e. The smallest absolute Gasteiger partial charge is 0.251 e. The molecule has 2 aromatic rings. The lowest BCUT2D eigenvalue weighted by Crippen LogP contribution is -2.29. The molecule has 1 N–H and O–H groups in total. The van der Waals surface area contributed by atoms with E-state index >= 15 is 0 Å². The summed E-state index contributed by atoms with van der Waals surface area (Å²) >= 11 is 0. The van der Waals surface area contributed by atoms with Crippen molar-refractivity contribution in [1.82, 2.24) is 5.32 Å². The Morgan fingerprint density at radius 2 is 2.04 bits per heavy atom. The molecule has 0 unspecified atom stereocenters. The molecule has 0 radical (unpaired) electrons. The van der Waals surface area contributed by atoms with Gasteiger partial charge in [0.15, 0.2) is 0 Å². The minimum Gasteiger partial charge on any atom is -0.491 e. The van der Waals surface area contributed by atoms with Gasteiger partial charge in [-0.3, -0.25) is 9.59 Å². The topological polar surface area (TPSA) is 58.6 Å². The fourth-order valence-corrected chi connectivity index (χ4v) is 3.13. The second kappa shape index (κ2) is 8.04. The number of aryl methyl sites for hydroxylation is 2. The van der Waals surface area contributed by atoms with E-state index in [0.717, 1.165) is 23.4 Å². The van der Waals surface area contributed by atoms with Crippen molar-refractivity contribution in [2.75, 3.05) is 24.6 Å². The highest BCUT2D eigenvalue weighted by Gasteiger charge is 2.22. The van der Waals surface area contributed by atoms with Gasteiger partial charge in [0.1, 0.15) is 12.4 Å². The third-order valence-electron chi connectivity index (χ3n) is 4.47. The van der Waals surface area contributed by atoms with Gasteiger partial charge in [0, 0.05) is 24.2 Å². The molecule has 136 valence electrons. The molecule has 0 spiro atoms. The van der Waals surface area contributed by atoms with Crippen LogP contribution in [0.4, 0.5) is 5.69 Å². The van der Waals surface area contributed by atoms with Gasteiger partial charge in [-0.05, 0) is 50.1 Å². The van der Waals surface area contributed by atoms with Gasteiger partial charge in [-0.25, -0.2) is 0 Å². The molecular formula is C21H24N2O3. The highest BCUT2D eigenvalue weighted by Crippen LogP contribution is 2.22. The number of ether oxygens (including phenoxy) is 1. The van der Waals surface area contributed by atoms with Crippen LogP contribution in [0.3, 0.4) is 0 Å². The number of nitrogens with zero attached hydrogens (tertiary/aromatic N) is 1. The Balaban J connectivity index is 1.53. The number of nitrogens with one attached hydrogen (secondary N) is 1. The van der Waals surface area contributed by atoms with E-state index in [2.05, 4.69) is 11.4 Å². The number of hydrogen-bond donors (Lipinski definition) is 1. The number of carbonyl (C=O) groups is 2. The van der Waals surface area contributed by atoms with Crippen LogP contribution >= 0.6 is 0 Å². The normalized spacial score (nSPS) is 13.8. The van der Waals surface area contributed by atoms with Crippen LogP contribution in [-0.4, -0.2) is 31.5 Å². The first-order chi connectivity index (χ1) is 12.5. The molecular weight excluding hydrogens is 328 g/mol. The van der Waals surface area contributed by atoms with Gasteiger partial charge in [0.2, 0.25) is 5.91 Å². The predicted octanol–water partition coefficient (Wildman–Crippen LogP) is 3.24. The van der Waals surface area contributed by atoms with Crippen molar-refractivity contribution in [3.05, 3.63) is 59.2 Å². The lowest BCUT2D eigenvalue weighted by atomic mass is 10.1. The van der Waals surface area contributed by atoms with Crippen molar-refractivity contribution in [2.24, 2.45) is 0 Å². The van der Waals surface area contributed by atoms with Gasteiger partial charge in [-0.1, -0.05) is 23.8 Å². The van der Waals surface area contributed by atoms with Crippen LogP contribution in [0.2, 0.25) is 0 Å². The second-order valence-corrected chi connectivity index (χ2v) is 6.57. The van der Waals surface area contributed by atoms with E-state index in [1.54, 1.807) is 17.0 Å². The summed E-state index contributed by atoms with van der Waals surface area (Å²) in [6.45, 7) is 5.58. The van der Waals surface area contributed by atoms with E-state index in [4.69, 9.17) is 4.74 Å². The van der Waals surface area contributed by atoms with Crippen LogP contribution in [-0.2, 0) is 4.79 Å². The molecule has 0 atom stereocenters.